The second kappa shape index (κ2) is 6.97. The van der Waals surface area contributed by atoms with E-state index in [4.69, 9.17) is 11.6 Å². The summed E-state index contributed by atoms with van der Waals surface area (Å²) in [5.41, 5.74) is 0. The summed E-state index contributed by atoms with van der Waals surface area (Å²) < 4.78 is 37.9. The van der Waals surface area contributed by atoms with E-state index in [0.717, 1.165) is 11.3 Å². The SMILES string of the molecule is CCCNc1ncc(Cl)c(N(CC(F)(F)F)C(C)C)n1. The number of nitrogens with zero attached hydrogens (tertiary/aromatic N) is 3. The number of rotatable bonds is 6. The fraction of sp³-hybridized carbons (Fsp3) is 0.667. The van der Waals surface area contributed by atoms with Crippen molar-refractivity contribution in [1.82, 2.24) is 9.97 Å². The Morgan fingerprint density at radius 2 is 2.05 bits per heavy atom. The summed E-state index contributed by atoms with van der Waals surface area (Å²) in [7, 11) is 0. The first-order valence-electron chi connectivity index (χ1n) is 6.34. The molecule has 1 heterocycles. The van der Waals surface area contributed by atoms with E-state index in [1.807, 2.05) is 6.92 Å². The predicted molar refractivity (Wildman–Crippen MR) is 74.4 cm³/mol. The molecule has 4 nitrogen and oxygen atoms in total. The zero-order chi connectivity index (χ0) is 15.3. The van der Waals surface area contributed by atoms with E-state index in [-0.39, 0.29) is 22.8 Å². The third kappa shape index (κ3) is 5.03. The van der Waals surface area contributed by atoms with Gasteiger partial charge in [0.25, 0.3) is 0 Å². The van der Waals surface area contributed by atoms with E-state index in [2.05, 4.69) is 15.3 Å². The third-order valence-corrected chi connectivity index (χ3v) is 2.77. The summed E-state index contributed by atoms with van der Waals surface area (Å²) in [4.78, 5) is 9.15. The van der Waals surface area contributed by atoms with E-state index >= 15 is 0 Å². The Morgan fingerprint density at radius 1 is 1.40 bits per heavy atom. The molecule has 0 aliphatic rings. The Balaban J connectivity index is 3.05. The molecule has 0 aromatic carbocycles. The van der Waals surface area contributed by atoms with Crippen molar-refractivity contribution in [2.75, 3.05) is 23.3 Å². The summed E-state index contributed by atoms with van der Waals surface area (Å²) >= 11 is 5.94. The lowest BCUT2D eigenvalue weighted by Crippen LogP contribution is -2.40. The maximum Gasteiger partial charge on any atom is 0.405 e. The van der Waals surface area contributed by atoms with Crippen molar-refractivity contribution >= 4 is 23.4 Å². The van der Waals surface area contributed by atoms with Gasteiger partial charge in [-0.25, -0.2) is 4.98 Å². The van der Waals surface area contributed by atoms with Crippen LogP contribution >= 0.6 is 11.6 Å². The predicted octanol–water partition coefficient (Wildman–Crippen LogP) is 3.73. The minimum Gasteiger partial charge on any atom is -0.354 e. The molecule has 1 rings (SSSR count). The molecule has 8 heteroatoms. The molecular formula is C12H18ClF3N4. The fourth-order valence-electron chi connectivity index (χ4n) is 1.58. The first kappa shape index (κ1) is 16.8. The zero-order valence-electron chi connectivity index (χ0n) is 11.6. The standard InChI is InChI=1S/C12H18ClF3N4/c1-4-5-17-11-18-6-9(13)10(19-11)20(8(2)3)7-12(14,15)16/h6,8H,4-5,7H2,1-3H3,(H,17,18,19). The Labute approximate surface area is 121 Å². The molecule has 1 aromatic heterocycles. The highest BCUT2D eigenvalue weighted by Crippen LogP contribution is 2.28. The lowest BCUT2D eigenvalue weighted by Gasteiger charge is -2.29. The van der Waals surface area contributed by atoms with Crippen LogP contribution in [-0.4, -0.2) is 35.3 Å². The van der Waals surface area contributed by atoms with Crippen LogP contribution in [0.3, 0.4) is 0 Å². The van der Waals surface area contributed by atoms with E-state index < -0.39 is 12.7 Å². The molecule has 1 N–H and O–H groups in total. The highest BCUT2D eigenvalue weighted by Gasteiger charge is 2.33. The van der Waals surface area contributed by atoms with Crippen LogP contribution in [-0.2, 0) is 0 Å². The van der Waals surface area contributed by atoms with Crippen LogP contribution in [0, 0.1) is 0 Å². The average molecular weight is 311 g/mol. The second-order valence-corrected chi connectivity index (χ2v) is 5.04. The van der Waals surface area contributed by atoms with Gasteiger partial charge in [-0.15, -0.1) is 0 Å². The maximum atomic E-state index is 12.6. The number of alkyl halides is 3. The summed E-state index contributed by atoms with van der Waals surface area (Å²) in [5.74, 6) is 0.367. The van der Waals surface area contributed by atoms with Crippen molar-refractivity contribution in [3.05, 3.63) is 11.2 Å². The van der Waals surface area contributed by atoms with E-state index in [9.17, 15) is 13.2 Å². The Morgan fingerprint density at radius 3 is 2.55 bits per heavy atom. The van der Waals surface area contributed by atoms with Gasteiger partial charge < -0.3 is 10.2 Å². The molecule has 114 valence electrons. The summed E-state index contributed by atoms with van der Waals surface area (Å²) in [6.07, 6.45) is -2.15. The Bertz CT molecular complexity index is 437. The molecule has 0 amide bonds. The van der Waals surface area contributed by atoms with Crippen molar-refractivity contribution in [1.29, 1.82) is 0 Å². The number of anilines is 2. The topological polar surface area (TPSA) is 41.1 Å². The molecule has 20 heavy (non-hydrogen) atoms. The highest BCUT2D eigenvalue weighted by molar-refractivity contribution is 6.32. The van der Waals surface area contributed by atoms with Gasteiger partial charge in [-0.2, -0.15) is 18.2 Å². The smallest absolute Gasteiger partial charge is 0.354 e. The van der Waals surface area contributed by atoms with Crippen LogP contribution in [0.2, 0.25) is 5.02 Å². The van der Waals surface area contributed by atoms with Gasteiger partial charge in [-0.05, 0) is 20.3 Å². The van der Waals surface area contributed by atoms with Crippen LogP contribution in [0.15, 0.2) is 6.20 Å². The number of aromatic nitrogens is 2. The van der Waals surface area contributed by atoms with E-state index in [0.29, 0.717) is 6.54 Å². The molecule has 0 radical (unpaired) electrons. The summed E-state index contributed by atoms with van der Waals surface area (Å²) in [6, 6.07) is -0.386. The van der Waals surface area contributed by atoms with Crippen LogP contribution in [0.1, 0.15) is 27.2 Å². The number of hydrogen-bond acceptors (Lipinski definition) is 4. The van der Waals surface area contributed by atoms with Crippen molar-refractivity contribution in [3.8, 4) is 0 Å². The molecule has 0 aliphatic carbocycles. The van der Waals surface area contributed by atoms with Gasteiger partial charge in [0, 0.05) is 12.6 Å². The molecule has 0 atom stereocenters. The van der Waals surface area contributed by atoms with E-state index in [1.165, 1.54) is 6.20 Å². The average Bonchev–Trinajstić information content (AvgIpc) is 2.34. The minimum absolute atomic E-state index is 0.0904. The molecule has 0 saturated carbocycles. The molecule has 1 aromatic rings. The lowest BCUT2D eigenvalue weighted by molar-refractivity contribution is -0.120. The van der Waals surface area contributed by atoms with Crippen LogP contribution in [0.5, 0.6) is 0 Å². The van der Waals surface area contributed by atoms with Gasteiger partial charge in [0.1, 0.15) is 11.6 Å². The molecule has 0 saturated heterocycles. The van der Waals surface area contributed by atoms with E-state index in [1.54, 1.807) is 13.8 Å². The normalized spacial score (nSPS) is 11.8. The summed E-state index contributed by atoms with van der Waals surface area (Å²) in [6.45, 7) is 4.82. The van der Waals surface area contributed by atoms with Gasteiger partial charge in [0.2, 0.25) is 5.95 Å². The van der Waals surface area contributed by atoms with Crippen LogP contribution in [0.4, 0.5) is 24.9 Å². The minimum atomic E-state index is -4.32. The zero-order valence-corrected chi connectivity index (χ0v) is 12.4. The van der Waals surface area contributed by atoms with Gasteiger partial charge in [-0.3, -0.25) is 0 Å². The second-order valence-electron chi connectivity index (χ2n) is 4.63. The Hall–Kier alpha value is -1.24. The van der Waals surface area contributed by atoms with Crippen LogP contribution in [0.25, 0.3) is 0 Å². The molecule has 0 spiro atoms. The number of hydrogen-bond donors (Lipinski definition) is 1. The molecule has 0 fully saturated rings. The fourth-order valence-corrected chi connectivity index (χ4v) is 1.78. The Kier molecular flexibility index (Phi) is 5.86. The van der Waals surface area contributed by atoms with Crippen molar-refractivity contribution in [3.63, 3.8) is 0 Å². The largest absolute Gasteiger partial charge is 0.405 e. The van der Waals surface area contributed by atoms with Crippen LogP contribution < -0.4 is 10.2 Å². The van der Waals surface area contributed by atoms with Crippen molar-refractivity contribution in [2.45, 2.75) is 39.4 Å². The van der Waals surface area contributed by atoms with Gasteiger partial charge in [-0.1, -0.05) is 18.5 Å². The third-order valence-electron chi connectivity index (χ3n) is 2.50. The molecule has 0 unspecified atom stereocenters. The number of nitrogens with one attached hydrogen (secondary N) is 1. The first-order chi connectivity index (χ1) is 9.24. The number of halogens is 4. The molecular weight excluding hydrogens is 293 g/mol. The molecule has 0 aliphatic heterocycles. The quantitative estimate of drug-likeness (QED) is 0.869. The van der Waals surface area contributed by atoms with Gasteiger partial charge in [0.05, 0.1) is 6.20 Å². The van der Waals surface area contributed by atoms with Crippen molar-refractivity contribution < 1.29 is 13.2 Å². The van der Waals surface area contributed by atoms with Crippen molar-refractivity contribution in [2.24, 2.45) is 0 Å². The maximum absolute atomic E-state index is 12.6. The first-order valence-corrected chi connectivity index (χ1v) is 6.72. The van der Waals surface area contributed by atoms with Gasteiger partial charge in [0.15, 0.2) is 5.82 Å². The monoisotopic (exact) mass is 310 g/mol. The van der Waals surface area contributed by atoms with Gasteiger partial charge >= 0.3 is 6.18 Å². The molecule has 0 bridgehead atoms. The summed E-state index contributed by atoms with van der Waals surface area (Å²) in [5, 5.41) is 3.03. The lowest BCUT2D eigenvalue weighted by atomic mass is 10.3. The highest BCUT2D eigenvalue weighted by atomic mass is 35.5.